The molecule has 0 saturated heterocycles. The number of nitrogens with zero attached hydrogens (tertiary/aromatic N) is 1. The Morgan fingerprint density at radius 1 is 0.969 bits per heavy atom. The Labute approximate surface area is 189 Å². The van der Waals surface area contributed by atoms with Crippen LogP contribution in [0, 0.1) is 0 Å². The molecule has 1 heterocycles. The first-order valence-corrected chi connectivity index (χ1v) is 12.0. The molecule has 0 atom stereocenters. The van der Waals surface area contributed by atoms with Gasteiger partial charge in [0.1, 0.15) is 16.4 Å². The Hall–Kier alpha value is -3.03. The number of anilines is 1. The SMILES string of the molecule is COc1cccc(CN(C)c2ccc(S(=O)(=O)c3cc4c(cc3OC)CCNC4)cc2)c1. The fourth-order valence-corrected chi connectivity index (χ4v) is 5.45. The molecule has 32 heavy (non-hydrogen) atoms. The molecule has 0 spiro atoms. The lowest BCUT2D eigenvalue weighted by Gasteiger charge is -2.21. The zero-order chi connectivity index (χ0) is 22.7. The minimum atomic E-state index is -3.71. The fraction of sp³-hybridized carbons (Fsp3) is 0.280. The normalized spacial score (nSPS) is 13.3. The molecule has 0 saturated carbocycles. The number of fused-ring (bicyclic) bond motifs is 1. The highest BCUT2D eigenvalue weighted by Gasteiger charge is 2.25. The molecule has 7 heteroatoms. The van der Waals surface area contributed by atoms with Crippen molar-refractivity contribution >= 4 is 15.5 Å². The van der Waals surface area contributed by atoms with E-state index in [4.69, 9.17) is 9.47 Å². The van der Waals surface area contributed by atoms with Crippen molar-refractivity contribution in [3.05, 3.63) is 77.4 Å². The molecule has 1 aliphatic rings. The van der Waals surface area contributed by atoms with Gasteiger partial charge in [0.2, 0.25) is 9.84 Å². The van der Waals surface area contributed by atoms with Gasteiger partial charge in [-0.25, -0.2) is 8.42 Å². The van der Waals surface area contributed by atoms with Gasteiger partial charge in [0.15, 0.2) is 0 Å². The van der Waals surface area contributed by atoms with Crippen LogP contribution in [-0.2, 0) is 29.3 Å². The fourth-order valence-electron chi connectivity index (χ4n) is 4.00. The Kier molecular flexibility index (Phi) is 6.39. The summed E-state index contributed by atoms with van der Waals surface area (Å²) < 4.78 is 37.6. The Balaban J connectivity index is 1.59. The van der Waals surface area contributed by atoms with Gasteiger partial charge < -0.3 is 19.7 Å². The average molecular weight is 453 g/mol. The number of benzene rings is 3. The molecule has 1 N–H and O–H groups in total. The number of sulfone groups is 1. The third-order valence-corrected chi connectivity index (χ3v) is 7.59. The largest absolute Gasteiger partial charge is 0.497 e. The van der Waals surface area contributed by atoms with Crippen LogP contribution in [0.1, 0.15) is 16.7 Å². The predicted octanol–water partition coefficient (Wildman–Crippen LogP) is 3.82. The monoisotopic (exact) mass is 452 g/mol. The Morgan fingerprint density at radius 3 is 2.47 bits per heavy atom. The van der Waals surface area contributed by atoms with Gasteiger partial charge in [-0.15, -0.1) is 0 Å². The van der Waals surface area contributed by atoms with Gasteiger partial charge in [0.25, 0.3) is 0 Å². The highest BCUT2D eigenvalue weighted by atomic mass is 32.2. The summed E-state index contributed by atoms with van der Waals surface area (Å²) in [5, 5.41) is 3.29. The molecule has 3 aromatic carbocycles. The summed E-state index contributed by atoms with van der Waals surface area (Å²) in [7, 11) is 1.42. The van der Waals surface area contributed by atoms with Crippen LogP contribution < -0.4 is 19.7 Å². The van der Waals surface area contributed by atoms with Gasteiger partial charge in [0, 0.05) is 25.8 Å². The van der Waals surface area contributed by atoms with Crippen LogP contribution in [0.2, 0.25) is 0 Å². The number of hydrogen-bond acceptors (Lipinski definition) is 6. The van der Waals surface area contributed by atoms with Gasteiger partial charge in [-0.3, -0.25) is 0 Å². The van der Waals surface area contributed by atoms with E-state index in [1.54, 1.807) is 25.3 Å². The topological polar surface area (TPSA) is 67.9 Å². The third kappa shape index (κ3) is 4.45. The minimum Gasteiger partial charge on any atom is -0.497 e. The number of ether oxygens (including phenoxy) is 2. The van der Waals surface area contributed by atoms with Gasteiger partial charge in [-0.05, 0) is 78.2 Å². The third-order valence-electron chi connectivity index (χ3n) is 5.80. The van der Waals surface area contributed by atoms with E-state index in [0.29, 0.717) is 18.8 Å². The maximum Gasteiger partial charge on any atom is 0.210 e. The zero-order valence-electron chi connectivity index (χ0n) is 18.6. The molecule has 168 valence electrons. The van der Waals surface area contributed by atoms with E-state index in [2.05, 4.69) is 10.2 Å². The van der Waals surface area contributed by atoms with Crippen molar-refractivity contribution in [3.63, 3.8) is 0 Å². The highest BCUT2D eigenvalue weighted by molar-refractivity contribution is 7.91. The number of rotatable bonds is 7. The van der Waals surface area contributed by atoms with Crippen LogP contribution in [0.4, 0.5) is 5.69 Å². The highest BCUT2D eigenvalue weighted by Crippen LogP contribution is 2.34. The molecule has 0 unspecified atom stereocenters. The summed E-state index contributed by atoms with van der Waals surface area (Å²) in [6.45, 7) is 2.22. The molecule has 0 aromatic heterocycles. The lowest BCUT2D eigenvalue weighted by atomic mass is 10.0. The van der Waals surface area contributed by atoms with Crippen molar-refractivity contribution in [2.45, 2.75) is 29.3 Å². The maximum absolute atomic E-state index is 13.4. The lowest BCUT2D eigenvalue weighted by molar-refractivity contribution is 0.401. The maximum atomic E-state index is 13.4. The van der Waals surface area contributed by atoms with Crippen LogP contribution in [0.15, 0.2) is 70.5 Å². The summed E-state index contributed by atoms with van der Waals surface area (Å²) in [5.41, 5.74) is 4.17. The van der Waals surface area contributed by atoms with Crippen molar-refractivity contribution in [2.75, 3.05) is 32.7 Å². The first-order valence-electron chi connectivity index (χ1n) is 10.5. The van der Waals surface area contributed by atoms with Gasteiger partial charge in [-0.1, -0.05) is 12.1 Å². The summed E-state index contributed by atoms with van der Waals surface area (Å²) in [4.78, 5) is 2.52. The van der Waals surface area contributed by atoms with Gasteiger partial charge >= 0.3 is 0 Å². The van der Waals surface area contributed by atoms with Crippen molar-refractivity contribution in [2.24, 2.45) is 0 Å². The van der Waals surface area contributed by atoms with Gasteiger partial charge in [0.05, 0.1) is 19.1 Å². The van der Waals surface area contributed by atoms with Crippen molar-refractivity contribution in [1.29, 1.82) is 0 Å². The van der Waals surface area contributed by atoms with E-state index in [1.807, 2.05) is 49.5 Å². The molecule has 6 nitrogen and oxygen atoms in total. The quantitative estimate of drug-likeness (QED) is 0.588. The van der Waals surface area contributed by atoms with E-state index in [1.165, 1.54) is 7.11 Å². The number of hydrogen-bond donors (Lipinski definition) is 1. The van der Waals surface area contributed by atoms with Crippen LogP contribution in [0.5, 0.6) is 11.5 Å². The van der Waals surface area contributed by atoms with Gasteiger partial charge in [-0.2, -0.15) is 0 Å². The predicted molar refractivity (Wildman–Crippen MR) is 125 cm³/mol. The van der Waals surface area contributed by atoms with E-state index >= 15 is 0 Å². The second kappa shape index (κ2) is 9.22. The van der Waals surface area contributed by atoms with Crippen LogP contribution >= 0.6 is 0 Å². The first kappa shape index (κ1) is 22.2. The standard InChI is InChI=1S/C25H28N2O4S/c1-27(17-18-5-4-6-22(13-18)30-2)21-7-9-23(10-8-21)32(28,29)25-15-20-16-26-12-11-19(20)14-24(25)31-3/h4-10,13-15,26H,11-12,16-17H2,1-3H3. The van der Waals surface area contributed by atoms with Crippen LogP contribution in [0.3, 0.4) is 0 Å². The summed E-state index contributed by atoms with van der Waals surface area (Å²) in [6, 6.07) is 18.5. The number of nitrogens with one attached hydrogen (secondary N) is 1. The number of methoxy groups -OCH3 is 2. The Bertz CT molecular complexity index is 1210. The molecule has 0 aliphatic carbocycles. The molecule has 4 rings (SSSR count). The smallest absolute Gasteiger partial charge is 0.210 e. The van der Waals surface area contributed by atoms with Crippen molar-refractivity contribution < 1.29 is 17.9 Å². The summed E-state index contributed by atoms with van der Waals surface area (Å²) in [5.74, 6) is 1.21. The van der Waals surface area contributed by atoms with E-state index in [0.717, 1.165) is 41.1 Å². The second-order valence-electron chi connectivity index (χ2n) is 7.90. The lowest BCUT2D eigenvalue weighted by Crippen LogP contribution is -2.24. The minimum absolute atomic E-state index is 0.208. The molecular formula is C25H28N2O4S. The molecule has 0 fully saturated rings. The molecule has 3 aromatic rings. The van der Waals surface area contributed by atoms with Crippen molar-refractivity contribution in [1.82, 2.24) is 5.32 Å². The van der Waals surface area contributed by atoms with E-state index in [-0.39, 0.29) is 9.79 Å². The second-order valence-corrected chi connectivity index (χ2v) is 9.82. The van der Waals surface area contributed by atoms with Crippen molar-refractivity contribution in [3.8, 4) is 11.5 Å². The molecule has 0 radical (unpaired) electrons. The Morgan fingerprint density at radius 2 is 1.75 bits per heavy atom. The molecule has 0 amide bonds. The molecule has 0 bridgehead atoms. The van der Waals surface area contributed by atoms with Crippen LogP contribution in [0.25, 0.3) is 0 Å². The van der Waals surface area contributed by atoms with E-state index < -0.39 is 9.84 Å². The van der Waals surface area contributed by atoms with Crippen LogP contribution in [-0.4, -0.2) is 36.2 Å². The summed E-state index contributed by atoms with van der Waals surface area (Å²) in [6.07, 6.45) is 0.861. The molecule has 1 aliphatic heterocycles. The first-order chi connectivity index (χ1) is 15.4. The van der Waals surface area contributed by atoms with E-state index in [9.17, 15) is 8.42 Å². The average Bonchev–Trinajstić information content (AvgIpc) is 2.83. The molecular weight excluding hydrogens is 424 g/mol. The summed E-state index contributed by atoms with van der Waals surface area (Å²) >= 11 is 0. The zero-order valence-corrected chi connectivity index (χ0v) is 19.4.